The van der Waals surface area contributed by atoms with E-state index in [-0.39, 0.29) is 30.6 Å². The standard InChI is InChI=1S/C17H15ClFIO3/c1-3-17(21)23-15-6-4-5-14(20)11(15)9-22-16-8-13(19)10(2)7-12(16)18/h4-8H,3,9H2,1-2H3. The Hall–Kier alpha value is -1.34. The van der Waals surface area contributed by atoms with Crippen molar-refractivity contribution in [2.45, 2.75) is 26.9 Å². The van der Waals surface area contributed by atoms with Gasteiger partial charge in [0.1, 0.15) is 23.9 Å². The van der Waals surface area contributed by atoms with Crippen LogP contribution in [0.1, 0.15) is 24.5 Å². The minimum Gasteiger partial charge on any atom is -0.487 e. The van der Waals surface area contributed by atoms with Crippen LogP contribution in [0.5, 0.6) is 11.5 Å². The number of benzene rings is 2. The minimum atomic E-state index is -0.384. The SMILES string of the molecule is CCC(=O)Oc1cccc(I)c1COc1cc(F)c(C)cc1Cl. The van der Waals surface area contributed by atoms with Crippen molar-refractivity contribution in [3.63, 3.8) is 0 Å². The lowest BCUT2D eigenvalue weighted by atomic mass is 10.2. The second-order valence-electron chi connectivity index (χ2n) is 4.86. The van der Waals surface area contributed by atoms with E-state index in [0.29, 0.717) is 21.9 Å². The number of ether oxygens (including phenoxy) is 2. The summed E-state index contributed by atoms with van der Waals surface area (Å²) in [6.45, 7) is 3.47. The van der Waals surface area contributed by atoms with Crippen LogP contribution in [0.15, 0.2) is 30.3 Å². The monoisotopic (exact) mass is 448 g/mol. The summed E-state index contributed by atoms with van der Waals surface area (Å²) in [5, 5.41) is 0.335. The first-order valence-corrected chi connectivity index (χ1v) is 8.44. The molecule has 2 aromatic rings. The molecule has 0 radical (unpaired) electrons. The third-order valence-corrected chi connectivity index (χ3v) is 4.48. The molecule has 0 spiro atoms. The van der Waals surface area contributed by atoms with Crippen LogP contribution in [0.4, 0.5) is 4.39 Å². The summed E-state index contributed by atoms with van der Waals surface area (Å²) in [6.07, 6.45) is 0.279. The third kappa shape index (κ3) is 4.57. The normalized spacial score (nSPS) is 10.5. The van der Waals surface area contributed by atoms with Gasteiger partial charge in [0, 0.05) is 21.6 Å². The molecule has 23 heavy (non-hydrogen) atoms. The number of esters is 1. The van der Waals surface area contributed by atoms with Crippen LogP contribution < -0.4 is 9.47 Å². The van der Waals surface area contributed by atoms with Crippen LogP contribution in [0, 0.1) is 16.3 Å². The maximum absolute atomic E-state index is 13.7. The van der Waals surface area contributed by atoms with E-state index in [2.05, 4.69) is 22.6 Å². The molecular weight excluding hydrogens is 434 g/mol. The molecule has 3 nitrogen and oxygen atoms in total. The van der Waals surface area contributed by atoms with Gasteiger partial charge in [-0.2, -0.15) is 0 Å². The van der Waals surface area contributed by atoms with Gasteiger partial charge in [0.05, 0.1) is 5.02 Å². The fourth-order valence-electron chi connectivity index (χ4n) is 1.86. The van der Waals surface area contributed by atoms with Crippen LogP contribution in [0.25, 0.3) is 0 Å². The average molecular weight is 449 g/mol. The van der Waals surface area contributed by atoms with E-state index in [1.807, 2.05) is 6.07 Å². The molecule has 2 rings (SSSR count). The zero-order valence-electron chi connectivity index (χ0n) is 12.7. The topological polar surface area (TPSA) is 35.5 Å². The lowest BCUT2D eigenvalue weighted by molar-refractivity contribution is -0.134. The molecule has 122 valence electrons. The van der Waals surface area contributed by atoms with Gasteiger partial charge in [-0.15, -0.1) is 0 Å². The number of carbonyl (C=O) groups is 1. The summed E-state index contributed by atoms with van der Waals surface area (Å²) < 4.78 is 25.5. The van der Waals surface area contributed by atoms with Gasteiger partial charge < -0.3 is 9.47 Å². The van der Waals surface area contributed by atoms with Gasteiger partial charge >= 0.3 is 5.97 Å². The molecule has 0 amide bonds. The molecule has 0 aliphatic rings. The Kier molecular flexibility index (Phi) is 6.24. The van der Waals surface area contributed by atoms with Crippen LogP contribution in [0.2, 0.25) is 5.02 Å². The predicted octanol–water partition coefficient (Wildman–Crippen LogP) is 5.29. The van der Waals surface area contributed by atoms with Crippen LogP contribution >= 0.6 is 34.2 Å². The van der Waals surface area contributed by atoms with Crippen molar-refractivity contribution in [2.24, 2.45) is 0 Å². The molecule has 0 heterocycles. The Morgan fingerprint density at radius 2 is 2.04 bits per heavy atom. The summed E-state index contributed by atoms with van der Waals surface area (Å²) in [5.74, 6) is -0.0212. The van der Waals surface area contributed by atoms with Crippen molar-refractivity contribution >= 4 is 40.2 Å². The molecule has 0 N–H and O–H groups in total. The van der Waals surface area contributed by atoms with Crippen molar-refractivity contribution in [3.05, 3.63) is 55.9 Å². The molecule has 6 heteroatoms. The summed E-state index contributed by atoms with van der Waals surface area (Å²) in [6, 6.07) is 8.14. The van der Waals surface area contributed by atoms with Crippen molar-refractivity contribution in [2.75, 3.05) is 0 Å². The number of hydrogen-bond acceptors (Lipinski definition) is 3. The highest BCUT2D eigenvalue weighted by Gasteiger charge is 2.13. The van der Waals surface area contributed by atoms with Crippen LogP contribution in [-0.4, -0.2) is 5.97 Å². The zero-order valence-corrected chi connectivity index (χ0v) is 15.6. The first-order chi connectivity index (χ1) is 10.9. The lowest BCUT2D eigenvalue weighted by Gasteiger charge is -2.14. The zero-order chi connectivity index (χ0) is 17.0. The summed E-state index contributed by atoms with van der Waals surface area (Å²) >= 11 is 8.21. The summed E-state index contributed by atoms with van der Waals surface area (Å²) in [5.41, 5.74) is 1.17. The summed E-state index contributed by atoms with van der Waals surface area (Å²) in [4.78, 5) is 11.5. The van der Waals surface area contributed by atoms with Gasteiger partial charge in [-0.1, -0.05) is 24.6 Å². The number of halogens is 3. The number of aryl methyl sites for hydroxylation is 1. The van der Waals surface area contributed by atoms with E-state index in [9.17, 15) is 9.18 Å². The minimum absolute atomic E-state index is 0.119. The quantitative estimate of drug-likeness (QED) is 0.354. The van der Waals surface area contributed by atoms with Gasteiger partial charge in [-0.05, 0) is 53.3 Å². The maximum atomic E-state index is 13.7. The molecule has 0 aliphatic carbocycles. The fraction of sp³-hybridized carbons (Fsp3) is 0.235. The van der Waals surface area contributed by atoms with Gasteiger partial charge in [0.25, 0.3) is 0 Å². The molecule has 0 aromatic heterocycles. The van der Waals surface area contributed by atoms with Crippen LogP contribution in [0.3, 0.4) is 0 Å². The Balaban J connectivity index is 2.23. The average Bonchev–Trinajstić information content (AvgIpc) is 2.51. The van der Waals surface area contributed by atoms with E-state index < -0.39 is 0 Å². The van der Waals surface area contributed by atoms with E-state index in [1.165, 1.54) is 12.1 Å². The number of carbonyl (C=O) groups excluding carboxylic acids is 1. The van der Waals surface area contributed by atoms with Crippen molar-refractivity contribution in [1.82, 2.24) is 0 Å². The predicted molar refractivity (Wildman–Crippen MR) is 95.6 cm³/mol. The van der Waals surface area contributed by atoms with E-state index >= 15 is 0 Å². The second kappa shape index (κ2) is 7.97. The van der Waals surface area contributed by atoms with Gasteiger partial charge in [0.15, 0.2) is 0 Å². The van der Waals surface area contributed by atoms with E-state index in [4.69, 9.17) is 21.1 Å². The molecule has 0 saturated heterocycles. The largest absolute Gasteiger partial charge is 0.487 e. The molecular formula is C17H15ClFIO3. The van der Waals surface area contributed by atoms with Crippen molar-refractivity contribution in [1.29, 1.82) is 0 Å². The molecule has 2 aromatic carbocycles. The Morgan fingerprint density at radius 3 is 2.74 bits per heavy atom. The molecule has 0 saturated carbocycles. The smallest absolute Gasteiger partial charge is 0.310 e. The first-order valence-electron chi connectivity index (χ1n) is 6.99. The van der Waals surface area contributed by atoms with Gasteiger partial charge in [-0.3, -0.25) is 4.79 Å². The van der Waals surface area contributed by atoms with Crippen LogP contribution in [-0.2, 0) is 11.4 Å². The lowest BCUT2D eigenvalue weighted by Crippen LogP contribution is -2.09. The number of rotatable bonds is 5. The fourth-order valence-corrected chi connectivity index (χ4v) is 2.76. The van der Waals surface area contributed by atoms with Crippen molar-refractivity contribution < 1.29 is 18.7 Å². The molecule has 0 aliphatic heterocycles. The van der Waals surface area contributed by atoms with Gasteiger partial charge in [-0.25, -0.2) is 4.39 Å². The molecule has 0 atom stereocenters. The molecule has 0 fully saturated rings. The molecule has 0 bridgehead atoms. The second-order valence-corrected chi connectivity index (χ2v) is 6.43. The van der Waals surface area contributed by atoms with Gasteiger partial charge in [0.2, 0.25) is 0 Å². The number of hydrogen-bond donors (Lipinski definition) is 0. The Morgan fingerprint density at radius 1 is 1.30 bits per heavy atom. The third-order valence-electron chi connectivity index (χ3n) is 3.17. The summed E-state index contributed by atoms with van der Waals surface area (Å²) in [7, 11) is 0. The first kappa shape index (κ1) is 18.0. The Bertz CT molecular complexity index is 734. The highest BCUT2D eigenvalue weighted by atomic mass is 127. The Labute approximate surface area is 152 Å². The maximum Gasteiger partial charge on any atom is 0.310 e. The molecule has 0 unspecified atom stereocenters. The van der Waals surface area contributed by atoms with Crippen molar-refractivity contribution in [3.8, 4) is 11.5 Å². The highest BCUT2D eigenvalue weighted by molar-refractivity contribution is 14.1. The van der Waals surface area contributed by atoms with E-state index in [1.54, 1.807) is 26.0 Å². The van der Waals surface area contributed by atoms with E-state index in [0.717, 1.165) is 3.57 Å². The highest BCUT2D eigenvalue weighted by Crippen LogP contribution is 2.30.